The summed E-state index contributed by atoms with van der Waals surface area (Å²) in [5.74, 6) is -1.36. The number of halogens is 1. The molecule has 0 radical (unpaired) electrons. The van der Waals surface area contributed by atoms with Gasteiger partial charge in [0.05, 0.1) is 5.92 Å². The Balaban J connectivity index is 2.14. The fraction of sp³-hybridized carbons (Fsp3) is 0.500. The van der Waals surface area contributed by atoms with E-state index >= 15 is 0 Å². The molecule has 1 amide bonds. The number of aryl methyl sites for hydroxylation is 1. The number of aliphatic carboxylic acids is 1. The molecule has 18 heavy (non-hydrogen) atoms. The van der Waals surface area contributed by atoms with Crippen LogP contribution >= 0.6 is 15.9 Å². The molecular formula is C12H15BrN2O3. The Morgan fingerprint density at radius 1 is 1.50 bits per heavy atom. The van der Waals surface area contributed by atoms with E-state index in [-0.39, 0.29) is 5.91 Å². The molecule has 1 fully saturated rings. The van der Waals surface area contributed by atoms with Crippen LogP contribution in [0.5, 0.6) is 0 Å². The summed E-state index contributed by atoms with van der Waals surface area (Å²) < 4.78 is 2.59. The first-order chi connectivity index (χ1) is 8.49. The lowest BCUT2D eigenvalue weighted by atomic mass is 9.98. The Hall–Kier alpha value is -1.30. The Morgan fingerprint density at radius 2 is 2.22 bits per heavy atom. The first-order valence-electron chi connectivity index (χ1n) is 5.83. The van der Waals surface area contributed by atoms with Crippen LogP contribution in [-0.4, -0.2) is 39.5 Å². The average molecular weight is 315 g/mol. The second-order valence-electron chi connectivity index (χ2n) is 4.58. The van der Waals surface area contributed by atoms with Crippen LogP contribution < -0.4 is 0 Å². The lowest BCUT2D eigenvalue weighted by Crippen LogP contribution is -2.42. The largest absolute Gasteiger partial charge is 0.481 e. The summed E-state index contributed by atoms with van der Waals surface area (Å²) in [5.41, 5.74) is 0.577. The molecule has 5 nitrogen and oxygen atoms in total. The van der Waals surface area contributed by atoms with Crippen molar-refractivity contribution in [2.24, 2.45) is 13.0 Å². The van der Waals surface area contributed by atoms with Gasteiger partial charge in [0.2, 0.25) is 0 Å². The van der Waals surface area contributed by atoms with Gasteiger partial charge in [-0.15, -0.1) is 0 Å². The second-order valence-corrected chi connectivity index (χ2v) is 5.50. The molecule has 1 aliphatic rings. The summed E-state index contributed by atoms with van der Waals surface area (Å²) in [6.45, 7) is 0.933. The monoisotopic (exact) mass is 314 g/mol. The summed E-state index contributed by atoms with van der Waals surface area (Å²) in [6.07, 6.45) is 3.20. The van der Waals surface area contributed by atoms with E-state index in [1.807, 2.05) is 6.20 Å². The van der Waals surface area contributed by atoms with Gasteiger partial charge in [0.25, 0.3) is 5.91 Å². The first-order valence-corrected chi connectivity index (χ1v) is 6.62. The van der Waals surface area contributed by atoms with Crippen molar-refractivity contribution >= 4 is 27.8 Å². The smallest absolute Gasteiger partial charge is 0.308 e. The fourth-order valence-corrected chi connectivity index (χ4v) is 2.79. The van der Waals surface area contributed by atoms with Gasteiger partial charge < -0.3 is 14.6 Å². The van der Waals surface area contributed by atoms with Crippen LogP contribution in [-0.2, 0) is 11.8 Å². The summed E-state index contributed by atoms with van der Waals surface area (Å²) in [6, 6.07) is 1.76. The predicted molar refractivity (Wildman–Crippen MR) is 69.4 cm³/mol. The summed E-state index contributed by atoms with van der Waals surface area (Å²) in [7, 11) is 1.80. The average Bonchev–Trinajstić information content (AvgIpc) is 2.67. The molecule has 0 bridgehead atoms. The molecule has 2 heterocycles. The van der Waals surface area contributed by atoms with Crippen LogP contribution in [0.4, 0.5) is 0 Å². The Bertz CT molecular complexity index is 484. The van der Waals surface area contributed by atoms with Crippen molar-refractivity contribution in [1.29, 1.82) is 0 Å². The number of rotatable bonds is 2. The Labute approximate surface area is 114 Å². The van der Waals surface area contributed by atoms with Crippen molar-refractivity contribution in [3.05, 3.63) is 22.4 Å². The van der Waals surface area contributed by atoms with E-state index in [2.05, 4.69) is 15.9 Å². The highest BCUT2D eigenvalue weighted by Crippen LogP contribution is 2.21. The van der Waals surface area contributed by atoms with E-state index in [0.717, 1.165) is 10.9 Å². The highest BCUT2D eigenvalue weighted by molar-refractivity contribution is 9.10. The molecule has 0 spiro atoms. The SMILES string of the molecule is Cn1cc(Br)cc1C(=O)N1CCC[C@H](C(=O)O)C1. The number of carboxylic acids is 1. The van der Waals surface area contributed by atoms with Crippen LogP contribution in [0, 0.1) is 5.92 Å². The third-order valence-electron chi connectivity index (χ3n) is 3.25. The molecule has 2 rings (SSSR count). The standard InChI is InChI=1S/C12H15BrN2O3/c1-14-7-9(13)5-10(14)11(16)15-4-2-3-8(6-15)12(17)18/h5,7-8H,2-4,6H2,1H3,(H,17,18)/t8-/m0/s1. The third kappa shape index (κ3) is 2.58. The molecule has 1 aliphatic heterocycles. The topological polar surface area (TPSA) is 62.5 Å². The van der Waals surface area contributed by atoms with Crippen LogP contribution in [0.3, 0.4) is 0 Å². The normalized spacial score (nSPS) is 19.9. The highest BCUT2D eigenvalue weighted by atomic mass is 79.9. The molecule has 1 atom stereocenters. The first kappa shape index (κ1) is 13.1. The van der Waals surface area contributed by atoms with Gasteiger partial charge in [-0.25, -0.2) is 0 Å². The van der Waals surface area contributed by atoms with E-state index in [1.54, 1.807) is 22.6 Å². The summed E-state index contributed by atoms with van der Waals surface area (Å²) >= 11 is 3.32. The maximum atomic E-state index is 12.3. The van der Waals surface area contributed by atoms with Crippen molar-refractivity contribution in [2.75, 3.05) is 13.1 Å². The number of carbonyl (C=O) groups excluding carboxylic acids is 1. The summed E-state index contributed by atoms with van der Waals surface area (Å²) in [4.78, 5) is 24.9. The van der Waals surface area contributed by atoms with E-state index in [4.69, 9.17) is 5.11 Å². The maximum absolute atomic E-state index is 12.3. The number of amides is 1. The highest BCUT2D eigenvalue weighted by Gasteiger charge is 2.29. The van der Waals surface area contributed by atoms with Crippen molar-refractivity contribution in [1.82, 2.24) is 9.47 Å². The molecule has 1 aromatic heterocycles. The minimum Gasteiger partial charge on any atom is -0.481 e. The Kier molecular flexibility index (Phi) is 3.75. The zero-order chi connectivity index (χ0) is 13.3. The van der Waals surface area contributed by atoms with Crippen molar-refractivity contribution in [2.45, 2.75) is 12.8 Å². The van der Waals surface area contributed by atoms with E-state index in [9.17, 15) is 9.59 Å². The van der Waals surface area contributed by atoms with Crippen molar-refractivity contribution in [3.63, 3.8) is 0 Å². The van der Waals surface area contributed by atoms with Crippen LogP contribution in [0.25, 0.3) is 0 Å². The molecule has 0 aliphatic carbocycles. The fourth-order valence-electron chi connectivity index (χ4n) is 2.26. The van der Waals surface area contributed by atoms with E-state index in [0.29, 0.717) is 25.2 Å². The molecule has 98 valence electrons. The van der Waals surface area contributed by atoms with Gasteiger partial charge in [0.15, 0.2) is 0 Å². The maximum Gasteiger partial charge on any atom is 0.308 e. The third-order valence-corrected chi connectivity index (χ3v) is 3.68. The van der Waals surface area contributed by atoms with Gasteiger partial charge >= 0.3 is 5.97 Å². The number of likely N-dealkylation sites (tertiary alicyclic amines) is 1. The van der Waals surface area contributed by atoms with Crippen molar-refractivity contribution in [3.8, 4) is 0 Å². The number of hydrogen-bond donors (Lipinski definition) is 1. The lowest BCUT2D eigenvalue weighted by Gasteiger charge is -2.30. The van der Waals surface area contributed by atoms with Gasteiger partial charge in [0, 0.05) is 30.8 Å². The van der Waals surface area contributed by atoms with E-state index in [1.165, 1.54) is 0 Å². The number of carbonyl (C=O) groups is 2. The minimum absolute atomic E-state index is 0.103. The van der Waals surface area contributed by atoms with Gasteiger partial charge in [-0.05, 0) is 34.8 Å². The lowest BCUT2D eigenvalue weighted by molar-refractivity contribution is -0.143. The molecule has 1 saturated heterocycles. The number of piperidine rings is 1. The molecule has 6 heteroatoms. The Morgan fingerprint density at radius 3 is 2.78 bits per heavy atom. The quantitative estimate of drug-likeness (QED) is 0.904. The summed E-state index contributed by atoms with van der Waals surface area (Å²) in [5, 5.41) is 9.02. The number of nitrogens with zero attached hydrogens (tertiary/aromatic N) is 2. The minimum atomic E-state index is -0.819. The molecule has 1 aromatic rings. The zero-order valence-electron chi connectivity index (χ0n) is 10.1. The molecule has 0 unspecified atom stereocenters. The van der Waals surface area contributed by atoms with Gasteiger partial charge in [0.1, 0.15) is 5.69 Å². The van der Waals surface area contributed by atoms with Gasteiger partial charge in [-0.1, -0.05) is 0 Å². The predicted octanol–water partition coefficient (Wildman–Crippen LogP) is 1.72. The second kappa shape index (κ2) is 5.14. The van der Waals surface area contributed by atoms with Crippen LogP contribution in [0.1, 0.15) is 23.3 Å². The van der Waals surface area contributed by atoms with Crippen LogP contribution in [0.15, 0.2) is 16.7 Å². The van der Waals surface area contributed by atoms with E-state index < -0.39 is 11.9 Å². The molecular weight excluding hydrogens is 300 g/mol. The number of carboxylic acid groups (broad SMARTS) is 1. The molecule has 0 saturated carbocycles. The number of hydrogen-bond acceptors (Lipinski definition) is 2. The van der Waals surface area contributed by atoms with Gasteiger partial charge in [-0.3, -0.25) is 9.59 Å². The van der Waals surface area contributed by atoms with Crippen molar-refractivity contribution < 1.29 is 14.7 Å². The molecule has 1 N–H and O–H groups in total. The molecule has 0 aromatic carbocycles. The zero-order valence-corrected chi connectivity index (χ0v) is 11.7. The number of aromatic nitrogens is 1. The van der Waals surface area contributed by atoms with Crippen LogP contribution in [0.2, 0.25) is 0 Å². The van der Waals surface area contributed by atoms with Gasteiger partial charge in [-0.2, -0.15) is 0 Å².